The molecule has 0 saturated heterocycles. The number of carbonyl (C=O) groups excluding carboxylic acids is 2. The highest BCUT2D eigenvalue weighted by molar-refractivity contribution is 7.47. The molecule has 0 aliphatic carbocycles. The molecule has 11 nitrogen and oxygen atoms in total. The van der Waals surface area contributed by atoms with Gasteiger partial charge in [-0.05, 0) is 12.8 Å². The van der Waals surface area contributed by atoms with Gasteiger partial charge in [0.25, 0.3) is 0 Å². The van der Waals surface area contributed by atoms with Crippen LogP contribution < -0.4 is 5.73 Å². The van der Waals surface area contributed by atoms with E-state index < -0.39 is 51.1 Å². The normalized spacial score (nSPS) is 15.1. The van der Waals surface area contributed by atoms with Gasteiger partial charge in [-0.2, -0.15) is 0 Å². The molecule has 0 saturated carbocycles. The average molecular weight is 455 g/mol. The Bertz CT molecular complexity index is 571. The van der Waals surface area contributed by atoms with E-state index in [-0.39, 0.29) is 19.4 Å². The number of hydrogen-bond donors (Lipinski definition) is 3. The maximum Gasteiger partial charge on any atom is 0.472 e. The predicted molar refractivity (Wildman–Crippen MR) is 106 cm³/mol. The summed E-state index contributed by atoms with van der Waals surface area (Å²) in [6.07, 6.45) is 4.09. The molecule has 0 spiro atoms. The van der Waals surface area contributed by atoms with E-state index in [1.165, 1.54) is 0 Å². The number of phosphoric ester groups is 1. The number of aliphatic carboxylic acids is 1. The number of hydrogen-bond acceptors (Lipinski definition) is 9. The number of carbonyl (C=O) groups is 3. The number of ether oxygens (including phenoxy) is 2. The fourth-order valence-electron chi connectivity index (χ4n) is 2.12. The molecule has 176 valence electrons. The molecule has 0 aromatic heterocycles. The van der Waals surface area contributed by atoms with Crippen LogP contribution in [-0.2, 0) is 37.5 Å². The largest absolute Gasteiger partial charge is 0.480 e. The van der Waals surface area contributed by atoms with Crippen molar-refractivity contribution < 1.29 is 47.5 Å². The molecule has 0 heterocycles. The van der Waals surface area contributed by atoms with Gasteiger partial charge in [0, 0.05) is 12.8 Å². The van der Waals surface area contributed by atoms with Crippen LogP contribution in [0.15, 0.2) is 0 Å². The van der Waals surface area contributed by atoms with Crippen molar-refractivity contribution in [1.82, 2.24) is 0 Å². The van der Waals surface area contributed by atoms with Gasteiger partial charge in [-0.3, -0.25) is 23.4 Å². The second-order valence-electron chi connectivity index (χ2n) is 6.71. The Labute approximate surface area is 176 Å². The van der Waals surface area contributed by atoms with Crippen molar-refractivity contribution in [1.29, 1.82) is 0 Å². The standard InChI is InChI=1S/C18H34NO10P/c1-3-5-7-9-16(20)26-11-14(29-17(21)10-8-6-4-2)12-27-30(24,25)28-13-15(19)18(22)23/h14-15H,3-13,19H2,1-2H3,(H,22,23)(H,24,25). The highest BCUT2D eigenvalue weighted by atomic mass is 31.2. The van der Waals surface area contributed by atoms with Gasteiger partial charge in [-0.15, -0.1) is 0 Å². The van der Waals surface area contributed by atoms with E-state index in [9.17, 15) is 23.8 Å². The maximum atomic E-state index is 11.9. The molecular formula is C18H34NO10P. The van der Waals surface area contributed by atoms with E-state index in [1.54, 1.807) is 0 Å². The maximum absolute atomic E-state index is 11.9. The molecule has 0 rings (SSSR count). The third-order valence-corrected chi connectivity index (χ3v) is 4.81. The van der Waals surface area contributed by atoms with Gasteiger partial charge in [0.1, 0.15) is 12.6 Å². The summed E-state index contributed by atoms with van der Waals surface area (Å²) in [4.78, 5) is 44.0. The monoisotopic (exact) mass is 455 g/mol. The number of rotatable bonds is 18. The lowest BCUT2D eigenvalue weighted by molar-refractivity contribution is -0.161. The van der Waals surface area contributed by atoms with Crippen LogP contribution in [0.2, 0.25) is 0 Å². The summed E-state index contributed by atoms with van der Waals surface area (Å²) >= 11 is 0. The van der Waals surface area contributed by atoms with Gasteiger partial charge in [-0.25, -0.2) is 4.57 Å². The van der Waals surface area contributed by atoms with Gasteiger partial charge in [0.05, 0.1) is 13.2 Å². The quantitative estimate of drug-likeness (QED) is 0.157. The number of carboxylic acid groups (broad SMARTS) is 1. The lowest BCUT2D eigenvalue weighted by Crippen LogP contribution is -2.34. The summed E-state index contributed by atoms with van der Waals surface area (Å²) in [5, 5.41) is 8.66. The van der Waals surface area contributed by atoms with Crippen molar-refractivity contribution in [2.45, 2.75) is 77.4 Å². The average Bonchev–Trinajstić information content (AvgIpc) is 2.68. The molecule has 0 amide bonds. The SMILES string of the molecule is CCCCCC(=O)OCC(COP(=O)(O)OCC(N)C(=O)O)OC(=O)CCCCC. The van der Waals surface area contributed by atoms with Crippen LogP contribution in [0, 0.1) is 0 Å². The summed E-state index contributed by atoms with van der Waals surface area (Å²) < 4.78 is 31.4. The molecule has 0 aromatic carbocycles. The van der Waals surface area contributed by atoms with E-state index in [1.807, 2.05) is 13.8 Å². The first kappa shape index (κ1) is 28.5. The van der Waals surface area contributed by atoms with E-state index in [2.05, 4.69) is 4.52 Å². The van der Waals surface area contributed by atoms with E-state index in [0.717, 1.165) is 25.7 Å². The third kappa shape index (κ3) is 15.3. The summed E-state index contributed by atoms with van der Waals surface area (Å²) in [5.41, 5.74) is 5.20. The molecule has 12 heteroatoms. The Morgan fingerprint density at radius 3 is 1.97 bits per heavy atom. The van der Waals surface area contributed by atoms with Crippen molar-refractivity contribution >= 4 is 25.7 Å². The first-order chi connectivity index (χ1) is 14.1. The lowest BCUT2D eigenvalue weighted by atomic mass is 10.2. The summed E-state index contributed by atoms with van der Waals surface area (Å²) in [6, 6.07) is -1.51. The molecule has 0 fully saturated rings. The Kier molecular flexibility index (Phi) is 15.4. The van der Waals surface area contributed by atoms with Crippen molar-refractivity contribution in [2.75, 3.05) is 19.8 Å². The van der Waals surface area contributed by atoms with Gasteiger partial charge in [0.15, 0.2) is 6.10 Å². The summed E-state index contributed by atoms with van der Waals surface area (Å²) in [7, 11) is -4.65. The Morgan fingerprint density at radius 1 is 0.900 bits per heavy atom. The third-order valence-electron chi connectivity index (χ3n) is 3.86. The van der Waals surface area contributed by atoms with Crippen LogP contribution in [-0.4, -0.2) is 59.9 Å². The predicted octanol–water partition coefficient (Wildman–Crippen LogP) is 2.15. The number of unbranched alkanes of at least 4 members (excludes halogenated alkanes) is 4. The zero-order chi connectivity index (χ0) is 23.0. The van der Waals surface area contributed by atoms with Gasteiger partial charge in [-0.1, -0.05) is 39.5 Å². The Morgan fingerprint density at radius 2 is 1.43 bits per heavy atom. The van der Waals surface area contributed by atoms with Crippen molar-refractivity contribution in [2.24, 2.45) is 5.73 Å². The van der Waals surface area contributed by atoms with Crippen molar-refractivity contribution in [3.63, 3.8) is 0 Å². The van der Waals surface area contributed by atoms with Gasteiger partial charge >= 0.3 is 25.7 Å². The number of nitrogens with two attached hydrogens (primary N) is 1. The molecule has 3 atom stereocenters. The van der Waals surface area contributed by atoms with Crippen molar-refractivity contribution in [3.8, 4) is 0 Å². The smallest absolute Gasteiger partial charge is 0.472 e. The number of esters is 2. The second-order valence-corrected chi connectivity index (χ2v) is 8.17. The van der Waals surface area contributed by atoms with Crippen LogP contribution in [0.4, 0.5) is 0 Å². The van der Waals surface area contributed by atoms with Gasteiger partial charge < -0.3 is 25.2 Å². The van der Waals surface area contributed by atoms with Crippen LogP contribution in [0.3, 0.4) is 0 Å². The fraction of sp³-hybridized carbons (Fsp3) is 0.833. The van der Waals surface area contributed by atoms with E-state index in [0.29, 0.717) is 12.8 Å². The van der Waals surface area contributed by atoms with E-state index >= 15 is 0 Å². The first-order valence-electron chi connectivity index (χ1n) is 10.1. The lowest BCUT2D eigenvalue weighted by Gasteiger charge is -2.20. The minimum atomic E-state index is -4.65. The zero-order valence-corrected chi connectivity index (χ0v) is 18.5. The summed E-state index contributed by atoms with van der Waals surface area (Å²) in [5.74, 6) is -2.45. The Balaban J connectivity index is 4.68. The molecule has 30 heavy (non-hydrogen) atoms. The first-order valence-corrected chi connectivity index (χ1v) is 11.6. The zero-order valence-electron chi connectivity index (χ0n) is 17.6. The number of carboxylic acids is 1. The highest BCUT2D eigenvalue weighted by Gasteiger charge is 2.28. The van der Waals surface area contributed by atoms with Crippen LogP contribution in [0.25, 0.3) is 0 Å². The second kappa shape index (κ2) is 16.2. The molecule has 0 aliphatic heterocycles. The van der Waals surface area contributed by atoms with E-state index in [4.69, 9.17) is 24.8 Å². The molecule has 3 unspecified atom stereocenters. The van der Waals surface area contributed by atoms with Crippen LogP contribution >= 0.6 is 7.82 Å². The van der Waals surface area contributed by atoms with Gasteiger partial charge in [0.2, 0.25) is 0 Å². The Hall–Kier alpha value is -1.52. The molecule has 0 radical (unpaired) electrons. The molecular weight excluding hydrogens is 421 g/mol. The fourth-order valence-corrected chi connectivity index (χ4v) is 2.90. The topological polar surface area (TPSA) is 172 Å². The minimum Gasteiger partial charge on any atom is -0.480 e. The minimum absolute atomic E-state index is 0.148. The highest BCUT2D eigenvalue weighted by Crippen LogP contribution is 2.43. The van der Waals surface area contributed by atoms with Crippen molar-refractivity contribution in [3.05, 3.63) is 0 Å². The van der Waals surface area contributed by atoms with Crippen LogP contribution in [0.5, 0.6) is 0 Å². The van der Waals surface area contributed by atoms with Crippen LogP contribution in [0.1, 0.15) is 65.2 Å². The molecule has 0 aliphatic rings. The molecule has 0 bridgehead atoms. The summed E-state index contributed by atoms with van der Waals surface area (Å²) in [6.45, 7) is 2.29. The number of phosphoric acid groups is 1. The molecule has 0 aromatic rings. The molecule has 4 N–H and O–H groups in total.